The molecule has 2 fully saturated rings. The standard InChI is InChI=1S/C20H18N2O4/c1-3-8-26-16-7-6-15(25-2)10-14(16)11-21-22-19(23)17-12-4-5-13(9-12)18(17)20(22)24/h1,4-7,10-13,17-18H,8-9H2,2H3/b21-11+. The van der Waals surface area contributed by atoms with E-state index >= 15 is 0 Å². The molecule has 2 aliphatic carbocycles. The topological polar surface area (TPSA) is 68.2 Å². The van der Waals surface area contributed by atoms with E-state index in [2.05, 4.69) is 23.2 Å². The number of ether oxygens (including phenoxy) is 2. The van der Waals surface area contributed by atoms with E-state index in [0.717, 1.165) is 11.4 Å². The number of benzene rings is 1. The summed E-state index contributed by atoms with van der Waals surface area (Å²) in [6.07, 6.45) is 11.7. The molecule has 1 heterocycles. The Morgan fingerprint density at radius 3 is 2.58 bits per heavy atom. The molecule has 26 heavy (non-hydrogen) atoms. The summed E-state index contributed by atoms with van der Waals surface area (Å²) >= 11 is 0. The summed E-state index contributed by atoms with van der Waals surface area (Å²) in [5.74, 6) is 2.87. The first-order valence-corrected chi connectivity index (χ1v) is 8.48. The van der Waals surface area contributed by atoms with Gasteiger partial charge in [0, 0.05) is 5.56 Å². The third-order valence-electron chi connectivity index (χ3n) is 5.29. The first-order chi connectivity index (χ1) is 12.6. The Bertz CT molecular complexity index is 837. The van der Waals surface area contributed by atoms with Crippen LogP contribution in [0.5, 0.6) is 11.5 Å². The van der Waals surface area contributed by atoms with Gasteiger partial charge in [-0.3, -0.25) is 9.59 Å². The number of imide groups is 1. The van der Waals surface area contributed by atoms with E-state index in [1.165, 1.54) is 6.21 Å². The summed E-state index contributed by atoms with van der Waals surface area (Å²) in [6.45, 7) is 0.105. The van der Waals surface area contributed by atoms with Crippen molar-refractivity contribution in [3.8, 4) is 23.8 Å². The summed E-state index contributed by atoms with van der Waals surface area (Å²) in [5.41, 5.74) is 0.582. The first kappa shape index (κ1) is 16.4. The number of amides is 2. The number of terminal acetylenes is 1. The monoisotopic (exact) mass is 350 g/mol. The maximum Gasteiger partial charge on any atom is 0.254 e. The maximum atomic E-state index is 12.7. The van der Waals surface area contributed by atoms with Crippen molar-refractivity contribution < 1.29 is 19.1 Å². The van der Waals surface area contributed by atoms with Crippen LogP contribution in [0.1, 0.15) is 12.0 Å². The van der Waals surface area contributed by atoms with Crippen LogP contribution in [0, 0.1) is 36.0 Å². The molecule has 1 saturated carbocycles. The molecule has 6 heteroatoms. The summed E-state index contributed by atoms with van der Waals surface area (Å²) in [4.78, 5) is 25.3. The van der Waals surface area contributed by atoms with E-state index in [9.17, 15) is 9.59 Å². The van der Waals surface area contributed by atoms with Gasteiger partial charge in [0.15, 0.2) is 0 Å². The molecule has 132 valence electrons. The lowest BCUT2D eigenvalue weighted by Gasteiger charge is -2.13. The van der Waals surface area contributed by atoms with Gasteiger partial charge in [-0.05, 0) is 36.5 Å². The van der Waals surface area contributed by atoms with Gasteiger partial charge in [-0.15, -0.1) is 6.42 Å². The molecule has 3 aliphatic rings. The van der Waals surface area contributed by atoms with Crippen LogP contribution in [0.2, 0.25) is 0 Å². The Kier molecular flexibility index (Phi) is 4.00. The van der Waals surface area contributed by atoms with Crippen molar-refractivity contribution in [2.24, 2.45) is 28.8 Å². The van der Waals surface area contributed by atoms with Gasteiger partial charge in [0.05, 0.1) is 25.2 Å². The van der Waals surface area contributed by atoms with Gasteiger partial charge in [0.1, 0.15) is 18.1 Å². The van der Waals surface area contributed by atoms with Gasteiger partial charge >= 0.3 is 0 Å². The predicted octanol–water partition coefficient (Wildman–Crippen LogP) is 1.85. The fraction of sp³-hybridized carbons (Fsp3) is 0.350. The highest BCUT2D eigenvalue weighted by Gasteiger charge is 2.59. The molecule has 2 amide bonds. The van der Waals surface area contributed by atoms with E-state index in [1.54, 1.807) is 25.3 Å². The average molecular weight is 350 g/mol. The highest BCUT2D eigenvalue weighted by molar-refractivity contribution is 6.06. The highest BCUT2D eigenvalue weighted by atomic mass is 16.5. The van der Waals surface area contributed by atoms with Crippen molar-refractivity contribution in [1.82, 2.24) is 5.01 Å². The second-order valence-corrected chi connectivity index (χ2v) is 6.63. The number of nitrogens with zero attached hydrogens (tertiary/aromatic N) is 2. The lowest BCUT2D eigenvalue weighted by atomic mass is 9.85. The van der Waals surface area contributed by atoms with Crippen molar-refractivity contribution in [1.29, 1.82) is 0 Å². The van der Waals surface area contributed by atoms with Crippen LogP contribution in [0.25, 0.3) is 0 Å². The van der Waals surface area contributed by atoms with Gasteiger partial charge in [0.25, 0.3) is 11.8 Å². The van der Waals surface area contributed by atoms with Crippen LogP contribution in [0.4, 0.5) is 0 Å². The molecule has 4 rings (SSSR count). The molecular weight excluding hydrogens is 332 g/mol. The van der Waals surface area contributed by atoms with Gasteiger partial charge in [0.2, 0.25) is 0 Å². The zero-order chi connectivity index (χ0) is 18.3. The molecule has 4 unspecified atom stereocenters. The van der Waals surface area contributed by atoms with Crippen molar-refractivity contribution in [3.63, 3.8) is 0 Å². The van der Waals surface area contributed by atoms with Crippen molar-refractivity contribution in [3.05, 3.63) is 35.9 Å². The molecule has 6 nitrogen and oxygen atoms in total. The number of fused-ring (bicyclic) bond motifs is 5. The molecule has 2 bridgehead atoms. The van der Waals surface area contributed by atoms with Crippen LogP contribution in [-0.2, 0) is 9.59 Å². The quantitative estimate of drug-likeness (QED) is 0.352. The lowest BCUT2D eigenvalue weighted by molar-refractivity contribution is -0.140. The fourth-order valence-corrected chi connectivity index (χ4v) is 4.13. The SMILES string of the molecule is C#CCOc1ccc(OC)cc1/C=N/N1C(=O)C2C3C=CC(C3)C2C1=O. The minimum absolute atomic E-state index is 0.105. The van der Waals surface area contributed by atoms with Gasteiger partial charge in [-0.2, -0.15) is 10.1 Å². The van der Waals surface area contributed by atoms with E-state index in [-0.39, 0.29) is 42.1 Å². The summed E-state index contributed by atoms with van der Waals surface area (Å²) in [7, 11) is 1.55. The summed E-state index contributed by atoms with van der Waals surface area (Å²) in [5, 5.41) is 5.18. The van der Waals surface area contributed by atoms with E-state index in [0.29, 0.717) is 17.1 Å². The van der Waals surface area contributed by atoms with Crippen molar-refractivity contribution >= 4 is 18.0 Å². The molecule has 0 radical (unpaired) electrons. The molecule has 1 aromatic carbocycles. The van der Waals surface area contributed by atoms with Crippen molar-refractivity contribution in [2.45, 2.75) is 6.42 Å². The zero-order valence-electron chi connectivity index (χ0n) is 14.3. The molecular formula is C20H18N2O4. The largest absolute Gasteiger partial charge is 0.497 e. The molecule has 1 saturated heterocycles. The van der Waals surface area contributed by atoms with E-state index in [4.69, 9.17) is 15.9 Å². The second kappa shape index (κ2) is 6.34. The minimum atomic E-state index is -0.267. The number of hydrazone groups is 1. The van der Waals surface area contributed by atoms with Gasteiger partial charge in [-0.1, -0.05) is 18.1 Å². The number of methoxy groups -OCH3 is 1. The molecule has 1 aliphatic heterocycles. The average Bonchev–Trinajstić information content (AvgIpc) is 3.33. The Morgan fingerprint density at radius 2 is 1.96 bits per heavy atom. The van der Waals surface area contributed by atoms with Crippen molar-refractivity contribution in [2.75, 3.05) is 13.7 Å². The molecule has 1 aromatic rings. The Balaban J connectivity index is 1.60. The van der Waals surface area contributed by atoms with Crippen LogP contribution in [-0.4, -0.2) is 36.8 Å². The van der Waals surface area contributed by atoms with Gasteiger partial charge < -0.3 is 9.47 Å². The fourth-order valence-electron chi connectivity index (χ4n) is 4.13. The highest BCUT2D eigenvalue weighted by Crippen LogP contribution is 2.52. The number of carbonyl (C=O) groups is 2. The zero-order valence-corrected chi connectivity index (χ0v) is 14.3. The number of allylic oxidation sites excluding steroid dienone is 2. The molecule has 0 N–H and O–H groups in total. The normalized spacial score (nSPS) is 28.7. The van der Waals surface area contributed by atoms with Crippen LogP contribution < -0.4 is 9.47 Å². The number of rotatable bonds is 5. The maximum absolute atomic E-state index is 12.7. The van der Waals surface area contributed by atoms with E-state index in [1.807, 2.05) is 0 Å². The smallest absolute Gasteiger partial charge is 0.254 e. The molecule has 0 aromatic heterocycles. The van der Waals surface area contributed by atoms with Crippen LogP contribution in [0.15, 0.2) is 35.5 Å². The van der Waals surface area contributed by atoms with Crippen LogP contribution in [0.3, 0.4) is 0 Å². The third-order valence-corrected chi connectivity index (χ3v) is 5.29. The minimum Gasteiger partial charge on any atom is -0.497 e. The van der Waals surface area contributed by atoms with Crippen LogP contribution >= 0.6 is 0 Å². The number of carbonyl (C=O) groups excluding carboxylic acids is 2. The second-order valence-electron chi connectivity index (χ2n) is 6.63. The number of hydrogen-bond acceptors (Lipinski definition) is 5. The molecule has 4 atom stereocenters. The number of hydrogen-bond donors (Lipinski definition) is 0. The Hall–Kier alpha value is -3.07. The Morgan fingerprint density at radius 1 is 1.27 bits per heavy atom. The third kappa shape index (κ3) is 2.48. The van der Waals surface area contributed by atoms with E-state index < -0.39 is 0 Å². The van der Waals surface area contributed by atoms with Gasteiger partial charge in [-0.25, -0.2) is 0 Å². The predicted molar refractivity (Wildman–Crippen MR) is 94.5 cm³/mol. The lowest BCUT2D eigenvalue weighted by Crippen LogP contribution is -2.28. The Labute approximate surface area is 151 Å². The summed E-state index contributed by atoms with van der Waals surface area (Å²) in [6, 6.07) is 5.17. The molecule has 0 spiro atoms. The first-order valence-electron chi connectivity index (χ1n) is 8.48. The summed E-state index contributed by atoms with van der Waals surface area (Å²) < 4.78 is 10.7.